The van der Waals surface area contributed by atoms with Crippen molar-refractivity contribution in [2.45, 2.75) is 32.5 Å². The van der Waals surface area contributed by atoms with Gasteiger partial charge in [0.2, 0.25) is 5.91 Å². The number of carbonyl (C=O) groups is 3. The molecule has 0 fully saturated rings. The second-order valence-corrected chi connectivity index (χ2v) is 9.53. The molecule has 0 spiro atoms. The van der Waals surface area contributed by atoms with Crippen LogP contribution in [-0.4, -0.2) is 23.8 Å². The van der Waals surface area contributed by atoms with Crippen LogP contribution in [-0.2, 0) is 9.59 Å². The van der Waals surface area contributed by atoms with E-state index < -0.39 is 29.8 Å². The van der Waals surface area contributed by atoms with Crippen molar-refractivity contribution in [2.24, 2.45) is 5.92 Å². The van der Waals surface area contributed by atoms with Gasteiger partial charge in [-0.05, 0) is 35.9 Å². The zero-order valence-corrected chi connectivity index (χ0v) is 19.5. The van der Waals surface area contributed by atoms with Gasteiger partial charge in [0.25, 0.3) is 11.8 Å². The van der Waals surface area contributed by atoms with Crippen molar-refractivity contribution >= 4 is 39.1 Å². The van der Waals surface area contributed by atoms with E-state index in [1.54, 1.807) is 24.3 Å². The molecule has 2 atom stereocenters. The Labute approximate surface area is 200 Å². The number of carbonyl (C=O) groups excluding carboxylic acids is 3. The van der Waals surface area contributed by atoms with Crippen LogP contribution in [0.25, 0.3) is 10.1 Å². The van der Waals surface area contributed by atoms with Gasteiger partial charge in [-0.15, -0.1) is 11.3 Å². The Balaban J connectivity index is 1.45. The molecule has 0 aliphatic carbocycles. The number of hydrogen-bond donors (Lipinski definition) is 4. The highest BCUT2D eigenvalue weighted by atomic mass is 32.1. The van der Waals surface area contributed by atoms with E-state index in [1.807, 2.05) is 38.1 Å². The van der Waals surface area contributed by atoms with Gasteiger partial charge in [-0.25, -0.2) is 4.39 Å². The third-order valence-electron chi connectivity index (χ3n) is 5.37. The molecule has 1 unspecified atom stereocenters. The third-order valence-corrected chi connectivity index (χ3v) is 6.48. The third kappa shape index (κ3) is 5.26. The summed E-state index contributed by atoms with van der Waals surface area (Å²) in [5, 5.41) is 11.9. The first kappa shape index (κ1) is 23.4. The van der Waals surface area contributed by atoms with Gasteiger partial charge in [0, 0.05) is 16.5 Å². The van der Waals surface area contributed by atoms with E-state index in [1.165, 1.54) is 23.6 Å². The Morgan fingerprint density at radius 3 is 2.56 bits per heavy atom. The largest absolute Gasteiger partial charge is 0.366 e. The molecule has 9 heteroatoms. The molecule has 4 rings (SSSR count). The molecule has 2 heterocycles. The Morgan fingerprint density at radius 1 is 1.12 bits per heavy atom. The van der Waals surface area contributed by atoms with Crippen molar-refractivity contribution in [3.8, 4) is 0 Å². The molecule has 0 saturated carbocycles. The van der Waals surface area contributed by atoms with Crippen LogP contribution in [0.1, 0.15) is 41.7 Å². The lowest BCUT2D eigenvalue weighted by molar-refractivity contribution is -0.125. The summed E-state index contributed by atoms with van der Waals surface area (Å²) < 4.78 is 15.0. The fraction of sp³-hybridized carbons (Fsp3) is 0.240. The van der Waals surface area contributed by atoms with Crippen molar-refractivity contribution in [1.82, 2.24) is 21.3 Å². The predicted octanol–water partition coefficient (Wildman–Crippen LogP) is 3.56. The summed E-state index contributed by atoms with van der Waals surface area (Å²) in [6.07, 6.45) is 0.977. The molecule has 1 aromatic heterocycles. The number of rotatable bonds is 7. The lowest BCUT2D eigenvalue weighted by atomic mass is 10.0. The van der Waals surface area contributed by atoms with E-state index in [0.717, 1.165) is 10.1 Å². The first-order valence-corrected chi connectivity index (χ1v) is 11.8. The van der Waals surface area contributed by atoms with Crippen LogP contribution in [0.2, 0.25) is 0 Å². The summed E-state index contributed by atoms with van der Waals surface area (Å²) >= 11 is 1.35. The number of hydrogen-bond acceptors (Lipinski definition) is 5. The first-order chi connectivity index (χ1) is 16.3. The highest BCUT2D eigenvalue weighted by molar-refractivity contribution is 7.20. The number of halogens is 1. The average Bonchev–Trinajstić information content (AvgIpc) is 3.24. The minimum atomic E-state index is -0.837. The van der Waals surface area contributed by atoms with Crippen LogP contribution < -0.4 is 21.3 Å². The minimum Gasteiger partial charge on any atom is -0.366 e. The Hall–Kier alpha value is -3.72. The predicted molar refractivity (Wildman–Crippen MR) is 129 cm³/mol. The Morgan fingerprint density at radius 2 is 1.85 bits per heavy atom. The lowest BCUT2D eigenvalue weighted by Gasteiger charge is -2.27. The van der Waals surface area contributed by atoms with Crippen LogP contribution in [0, 0.1) is 11.7 Å². The molecular formula is C25H25FN4O3S. The van der Waals surface area contributed by atoms with E-state index in [4.69, 9.17) is 0 Å². The number of amides is 3. The summed E-state index contributed by atoms with van der Waals surface area (Å²) in [5.41, 5.74) is 0.271. The molecule has 1 aliphatic rings. The fourth-order valence-electron chi connectivity index (χ4n) is 3.70. The van der Waals surface area contributed by atoms with Gasteiger partial charge in [-0.1, -0.05) is 50.2 Å². The van der Waals surface area contributed by atoms with Crippen LogP contribution in [0.15, 0.2) is 66.5 Å². The van der Waals surface area contributed by atoms with E-state index in [2.05, 4.69) is 21.3 Å². The molecule has 7 nitrogen and oxygen atoms in total. The molecule has 0 radical (unpaired) electrons. The number of fused-ring (bicyclic) bond motifs is 1. The van der Waals surface area contributed by atoms with Crippen LogP contribution in [0.5, 0.6) is 0 Å². The summed E-state index contributed by atoms with van der Waals surface area (Å²) in [7, 11) is 0. The van der Waals surface area contributed by atoms with Gasteiger partial charge in [0.05, 0.1) is 4.88 Å². The summed E-state index contributed by atoms with van der Waals surface area (Å²) in [6.45, 7) is 3.89. The van der Waals surface area contributed by atoms with Gasteiger partial charge < -0.3 is 21.3 Å². The highest BCUT2D eigenvalue weighted by Crippen LogP contribution is 2.25. The second kappa shape index (κ2) is 10.0. The van der Waals surface area contributed by atoms with E-state index in [0.29, 0.717) is 11.3 Å². The first-order valence-electron chi connectivity index (χ1n) is 10.9. The molecule has 0 saturated heterocycles. The van der Waals surface area contributed by atoms with Crippen molar-refractivity contribution in [2.75, 3.05) is 0 Å². The quantitative estimate of drug-likeness (QED) is 0.416. The SMILES string of the molecule is CC(C)C[C@H](NC(=O)c1cc2ccccc2s1)C(=O)NC1=CNC(c2ccccc2F)NC1=O. The number of benzene rings is 2. The van der Waals surface area contributed by atoms with Gasteiger partial charge >= 0.3 is 0 Å². The smallest absolute Gasteiger partial charge is 0.271 e. The van der Waals surface area contributed by atoms with Crippen molar-refractivity contribution in [3.05, 3.63) is 82.8 Å². The maximum atomic E-state index is 14.0. The highest BCUT2D eigenvalue weighted by Gasteiger charge is 2.28. The second-order valence-electron chi connectivity index (χ2n) is 8.45. The molecule has 0 bridgehead atoms. The molecule has 2 aromatic carbocycles. The fourth-order valence-corrected chi connectivity index (χ4v) is 4.66. The zero-order chi connectivity index (χ0) is 24.2. The van der Waals surface area contributed by atoms with Crippen molar-refractivity contribution in [3.63, 3.8) is 0 Å². The molecule has 3 aromatic rings. The monoisotopic (exact) mass is 480 g/mol. The van der Waals surface area contributed by atoms with E-state index in [-0.39, 0.29) is 23.1 Å². The summed E-state index contributed by atoms with van der Waals surface area (Å²) in [5.74, 6) is -1.74. The summed E-state index contributed by atoms with van der Waals surface area (Å²) in [4.78, 5) is 39.0. The molecular weight excluding hydrogens is 455 g/mol. The molecule has 3 amide bonds. The van der Waals surface area contributed by atoms with Crippen LogP contribution in [0.4, 0.5) is 4.39 Å². The van der Waals surface area contributed by atoms with E-state index in [9.17, 15) is 18.8 Å². The van der Waals surface area contributed by atoms with Crippen LogP contribution >= 0.6 is 11.3 Å². The average molecular weight is 481 g/mol. The Kier molecular flexibility index (Phi) is 6.93. The van der Waals surface area contributed by atoms with Gasteiger partial charge in [-0.2, -0.15) is 0 Å². The maximum Gasteiger partial charge on any atom is 0.271 e. The summed E-state index contributed by atoms with van der Waals surface area (Å²) in [6, 6.07) is 14.7. The normalized spacial score (nSPS) is 16.4. The minimum absolute atomic E-state index is 0.0116. The topological polar surface area (TPSA) is 99.3 Å². The Bertz CT molecular complexity index is 1240. The van der Waals surface area contributed by atoms with Gasteiger partial charge in [0.1, 0.15) is 23.7 Å². The van der Waals surface area contributed by atoms with Gasteiger partial charge in [0.15, 0.2) is 0 Å². The van der Waals surface area contributed by atoms with Crippen molar-refractivity contribution < 1.29 is 18.8 Å². The van der Waals surface area contributed by atoms with Crippen LogP contribution in [0.3, 0.4) is 0 Å². The molecule has 4 N–H and O–H groups in total. The number of nitrogens with one attached hydrogen (secondary N) is 4. The molecule has 34 heavy (non-hydrogen) atoms. The molecule has 1 aliphatic heterocycles. The molecule has 176 valence electrons. The van der Waals surface area contributed by atoms with Crippen molar-refractivity contribution in [1.29, 1.82) is 0 Å². The number of thiophene rings is 1. The standard InChI is InChI=1S/C25H25FN4O3S/c1-14(2)11-18(28-25(33)21-12-15-7-3-6-10-20(15)34-21)23(31)29-19-13-27-22(30-24(19)32)16-8-4-5-9-17(16)26/h3-10,12-14,18,22,27H,11H2,1-2H3,(H,28,33)(H,29,31)(H,30,32)/t18-,22?/m0/s1. The lowest BCUT2D eigenvalue weighted by Crippen LogP contribution is -2.51. The van der Waals surface area contributed by atoms with Gasteiger partial charge in [-0.3, -0.25) is 14.4 Å². The zero-order valence-electron chi connectivity index (χ0n) is 18.7. The maximum absolute atomic E-state index is 14.0. The van der Waals surface area contributed by atoms with E-state index >= 15 is 0 Å².